The van der Waals surface area contributed by atoms with E-state index >= 15 is 0 Å². The summed E-state index contributed by atoms with van der Waals surface area (Å²) >= 11 is 5.75. The predicted octanol–water partition coefficient (Wildman–Crippen LogP) is 0.722. The molecule has 7 heteroatoms. The molecule has 1 fully saturated rings. The first-order chi connectivity index (χ1) is 7.70. The summed E-state index contributed by atoms with van der Waals surface area (Å²) in [5.41, 5.74) is 5.54. The fourth-order valence-corrected chi connectivity index (χ4v) is 1.67. The third-order valence-corrected chi connectivity index (χ3v) is 2.56. The highest BCUT2D eigenvalue weighted by atomic mass is 35.5. The lowest BCUT2D eigenvalue weighted by atomic mass is 10.5. The summed E-state index contributed by atoms with van der Waals surface area (Å²) in [4.78, 5) is 14.0. The molecule has 1 aromatic rings. The molecule has 1 aliphatic carbocycles. The number of anilines is 2. The predicted molar refractivity (Wildman–Crippen MR) is 61.5 cm³/mol. The van der Waals surface area contributed by atoms with Crippen LogP contribution >= 0.6 is 11.6 Å². The number of halogens is 1. The Labute approximate surface area is 98.8 Å². The van der Waals surface area contributed by atoms with Gasteiger partial charge < -0.3 is 15.4 Å². The average Bonchev–Trinajstić information content (AvgIpc) is 3.01. The molecule has 0 radical (unpaired) electrons. The third-order valence-electron chi connectivity index (χ3n) is 2.39. The second kappa shape index (κ2) is 4.80. The van der Waals surface area contributed by atoms with Crippen molar-refractivity contribution in [3.05, 3.63) is 5.28 Å². The molecular weight excluding hydrogens is 230 g/mol. The number of methoxy groups -OCH3 is 1. The van der Waals surface area contributed by atoms with E-state index < -0.39 is 0 Å². The van der Waals surface area contributed by atoms with Crippen LogP contribution in [0.5, 0.6) is 0 Å². The van der Waals surface area contributed by atoms with Gasteiger partial charge in [-0.15, -0.1) is 0 Å². The van der Waals surface area contributed by atoms with E-state index in [9.17, 15) is 0 Å². The minimum Gasteiger partial charge on any atom is -0.383 e. The first-order valence-corrected chi connectivity index (χ1v) is 5.51. The third kappa shape index (κ3) is 2.70. The summed E-state index contributed by atoms with van der Waals surface area (Å²) in [6.45, 7) is 1.36. The Morgan fingerprint density at radius 3 is 2.75 bits per heavy atom. The van der Waals surface area contributed by atoms with Crippen LogP contribution in [-0.2, 0) is 4.74 Å². The highest BCUT2D eigenvalue weighted by molar-refractivity contribution is 6.28. The number of aromatic nitrogens is 3. The van der Waals surface area contributed by atoms with E-state index in [2.05, 4.69) is 19.9 Å². The number of nitrogen functional groups attached to an aromatic ring is 1. The van der Waals surface area contributed by atoms with Gasteiger partial charge in [0.2, 0.25) is 17.2 Å². The lowest BCUT2D eigenvalue weighted by Crippen LogP contribution is -2.31. The Bertz CT molecular complexity index is 351. The zero-order chi connectivity index (χ0) is 11.5. The van der Waals surface area contributed by atoms with Crippen LogP contribution in [0.15, 0.2) is 0 Å². The van der Waals surface area contributed by atoms with E-state index in [0.717, 1.165) is 19.4 Å². The van der Waals surface area contributed by atoms with Crippen LogP contribution in [0.3, 0.4) is 0 Å². The lowest BCUT2D eigenvalue weighted by molar-refractivity contribution is 0.204. The molecular formula is C9H14ClN5O. The molecule has 0 atom stereocenters. The van der Waals surface area contributed by atoms with Crippen LogP contribution in [-0.4, -0.2) is 41.3 Å². The van der Waals surface area contributed by atoms with Crippen molar-refractivity contribution in [1.29, 1.82) is 0 Å². The van der Waals surface area contributed by atoms with Crippen LogP contribution in [0.1, 0.15) is 12.8 Å². The molecule has 1 saturated carbocycles. The van der Waals surface area contributed by atoms with Gasteiger partial charge in [0.1, 0.15) is 0 Å². The van der Waals surface area contributed by atoms with Gasteiger partial charge in [0.05, 0.1) is 6.61 Å². The molecule has 2 rings (SSSR count). The molecule has 0 spiro atoms. The van der Waals surface area contributed by atoms with Gasteiger partial charge in [0, 0.05) is 19.7 Å². The van der Waals surface area contributed by atoms with Gasteiger partial charge in [-0.05, 0) is 24.4 Å². The first-order valence-electron chi connectivity index (χ1n) is 5.13. The largest absolute Gasteiger partial charge is 0.383 e. The van der Waals surface area contributed by atoms with Gasteiger partial charge in [0.15, 0.2) is 0 Å². The fourth-order valence-electron chi connectivity index (χ4n) is 1.50. The average molecular weight is 244 g/mol. The van der Waals surface area contributed by atoms with Crippen molar-refractivity contribution < 1.29 is 4.74 Å². The molecule has 2 N–H and O–H groups in total. The number of hydrogen-bond donors (Lipinski definition) is 1. The molecule has 1 aromatic heterocycles. The van der Waals surface area contributed by atoms with E-state index in [1.54, 1.807) is 7.11 Å². The number of hydrogen-bond acceptors (Lipinski definition) is 6. The normalized spacial score (nSPS) is 15.1. The maximum Gasteiger partial charge on any atom is 0.231 e. The van der Waals surface area contributed by atoms with E-state index in [-0.39, 0.29) is 11.2 Å². The molecule has 0 aliphatic heterocycles. The highest BCUT2D eigenvalue weighted by Gasteiger charge is 2.31. The molecule has 0 bridgehead atoms. The Hall–Kier alpha value is -1.14. The van der Waals surface area contributed by atoms with Gasteiger partial charge in [-0.25, -0.2) is 0 Å². The fraction of sp³-hybridized carbons (Fsp3) is 0.667. The zero-order valence-corrected chi connectivity index (χ0v) is 9.81. The molecule has 0 saturated heterocycles. The smallest absolute Gasteiger partial charge is 0.231 e. The standard InChI is InChI=1S/C9H14ClN5O/c1-16-5-4-15(6-2-3-6)9-13-7(10)12-8(11)14-9/h6H,2-5H2,1H3,(H2,11,12,13,14). The van der Waals surface area contributed by atoms with Crippen molar-refractivity contribution in [2.24, 2.45) is 0 Å². The van der Waals surface area contributed by atoms with Crippen molar-refractivity contribution in [2.45, 2.75) is 18.9 Å². The lowest BCUT2D eigenvalue weighted by Gasteiger charge is -2.21. The van der Waals surface area contributed by atoms with Crippen molar-refractivity contribution >= 4 is 23.5 Å². The second-order valence-corrected chi connectivity index (χ2v) is 4.02. The van der Waals surface area contributed by atoms with Crippen LogP contribution in [0.2, 0.25) is 5.28 Å². The Balaban J connectivity index is 2.16. The molecule has 0 amide bonds. The quantitative estimate of drug-likeness (QED) is 0.821. The summed E-state index contributed by atoms with van der Waals surface area (Å²) in [6, 6.07) is 0.480. The van der Waals surface area contributed by atoms with Crippen LogP contribution < -0.4 is 10.6 Å². The minimum absolute atomic E-state index is 0.130. The minimum atomic E-state index is 0.130. The van der Waals surface area contributed by atoms with Gasteiger partial charge in [-0.3, -0.25) is 0 Å². The van der Waals surface area contributed by atoms with Gasteiger partial charge >= 0.3 is 0 Å². The number of nitrogens with zero attached hydrogens (tertiary/aromatic N) is 4. The van der Waals surface area contributed by atoms with E-state index in [1.165, 1.54) is 0 Å². The summed E-state index contributed by atoms with van der Waals surface area (Å²) in [5.74, 6) is 0.690. The van der Waals surface area contributed by atoms with E-state index in [4.69, 9.17) is 22.1 Å². The van der Waals surface area contributed by atoms with Gasteiger partial charge in [0.25, 0.3) is 0 Å². The van der Waals surface area contributed by atoms with Crippen molar-refractivity contribution in [3.8, 4) is 0 Å². The van der Waals surface area contributed by atoms with Crippen LogP contribution in [0.4, 0.5) is 11.9 Å². The molecule has 6 nitrogen and oxygen atoms in total. The molecule has 1 heterocycles. The maximum atomic E-state index is 5.75. The number of ether oxygens (including phenoxy) is 1. The van der Waals surface area contributed by atoms with Crippen molar-refractivity contribution in [3.63, 3.8) is 0 Å². The number of nitrogens with two attached hydrogens (primary N) is 1. The molecule has 1 aliphatic rings. The topological polar surface area (TPSA) is 77.2 Å². The Morgan fingerprint density at radius 2 is 2.19 bits per heavy atom. The van der Waals surface area contributed by atoms with Crippen LogP contribution in [0, 0.1) is 0 Å². The highest BCUT2D eigenvalue weighted by Crippen LogP contribution is 2.29. The SMILES string of the molecule is COCCN(c1nc(N)nc(Cl)n1)C1CC1. The summed E-state index contributed by atoms with van der Waals surface area (Å²) in [5, 5.41) is 0.130. The van der Waals surface area contributed by atoms with Crippen molar-refractivity contribution in [1.82, 2.24) is 15.0 Å². The molecule has 16 heavy (non-hydrogen) atoms. The van der Waals surface area contributed by atoms with Gasteiger partial charge in [-0.1, -0.05) is 0 Å². The first kappa shape index (κ1) is 11.3. The van der Waals surface area contributed by atoms with Crippen LogP contribution in [0.25, 0.3) is 0 Å². The Morgan fingerprint density at radius 1 is 1.44 bits per heavy atom. The number of rotatable bonds is 5. The maximum absolute atomic E-state index is 5.75. The van der Waals surface area contributed by atoms with Crippen molar-refractivity contribution in [2.75, 3.05) is 30.9 Å². The monoisotopic (exact) mass is 243 g/mol. The van der Waals surface area contributed by atoms with Gasteiger partial charge in [-0.2, -0.15) is 15.0 Å². The summed E-state index contributed by atoms with van der Waals surface area (Å²) in [7, 11) is 1.67. The second-order valence-electron chi connectivity index (χ2n) is 3.68. The molecule has 88 valence electrons. The Kier molecular flexibility index (Phi) is 3.40. The molecule has 0 unspecified atom stereocenters. The molecule has 0 aromatic carbocycles. The zero-order valence-electron chi connectivity index (χ0n) is 9.06. The summed E-state index contributed by atoms with van der Waals surface area (Å²) < 4.78 is 5.06. The summed E-state index contributed by atoms with van der Waals surface area (Å²) in [6.07, 6.45) is 2.29. The van der Waals surface area contributed by atoms with E-state index in [0.29, 0.717) is 18.6 Å². The van der Waals surface area contributed by atoms with E-state index in [1.807, 2.05) is 0 Å².